The summed E-state index contributed by atoms with van der Waals surface area (Å²) in [4.78, 5) is 32.8. The van der Waals surface area contributed by atoms with E-state index in [1.807, 2.05) is 31.2 Å². The molecule has 0 fully saturated rings. The molecule has 2 heterocycles. The van der Waals surface area contributed by atoms with Crippen LogP contribution in [0.15, 0.2) is 59.9 Å². The van der Waals surface area contributed by atoms with Crippen LogP contribution in [-0.4, -0.2) is 33.8 Å². The van der Waals surface area contributed by atoms with Gasteiger partial charge in [0.25, 0.3) is 0 Å². The number of aliphatic carboxylic acids is 1. The van der Waals surface area contributed by atoms with Crippen molar-refractivity contribution in [2.45, 2.75) is 38.8 Å². The van der Waals surface area contributed by atoms with Crippen molar-refractivity contribution >= 4 is 11.7 Å². The van der Waals surface area contributed by atoms with E-state index in [4.69, 9.17) is 4.74 Å². The lowest BCUT2D eigenvalue weighted by Gasteiger charge is -2.45. The summed E-state index contributed by atoms with van der Waals surface area (Å²) in [5, 5.41) is 18.0. The Hall–Kier alpha value is -3.85. The number of para-hydroxylation sites is 1. The SMILES string of the molecule is CCc1cccc([C@]2(C(Oc3nc(C)cc(C)n3)C(=O)O)NCN(N=O)c3ccccc32)c1. The molecule has 2 aromatic carbocycles. The number of carbonyl (C=O) groups is 1. The highest BCUT2D eigenvalue weighted by molar-refractivity contribution is 5.79. The molecule has 4 rings (SSSR count). The largest absolute Gasteiger partial charge is 0.478 e. The fourth-order valence-electron chi connectivity index (χ4n) is 4.34. The minimum atomic E-state index is -1.44. The highest BCUT2D eigenvalue weighted by Crippen LogP contribution is 2.43. The molecule has 0 aliphatic carbocycles. The number of hydrogen-bond donors (Lipinski definition) is 2. The van der Waals surface area contributed by atoms with Gasteiger partial charge < -0.3 is 9.84 Å². The number of nitroso groups, excluding NO2 is 1. The number of ether oxygens (including phenoxy) is 1. The van der Waals surface area contributed by atoms with Gasteiger partial charge in [0.05, 0.1) is 17.6 Å². The van der Waals surface area contributed by atoms with Crippen LogP contribution in [0.25, 0.3) is 0 Å². The first-order valence-corrected chi connectivity index (χ1v) is 10.7. The minimum Gasteiger partial charge on any atom is -0.478 e. The molecule has 1 aliphatic rings. The van der Waals surface area contributed by atoms with Crippen molar-refractivity contribution < 1.29 is 14.6 Å². The molecule has 1 aliphatic heterocycles. The summed E-state index contributed by atoms with van der Waals surface area (Å²) in [7, 11) is 0. The Morgan fingerprint density at radius 3 is 2.58 bits per heavy atom. The van der Waals surface area contributed by atoms with Crippen LogP contribution in [0.1, 0.15) is 35.0 Å². The van der Waals surface area contributed by atoms with Gasteiger partial charge in [-0.3, -0.25) is 5.32 Å². The van der Waals surface area contributed by atoms with E-state index in [0.717, 1.165) is 12.0 Å². The van der Waals surface area contributed by atoms with Crippen molar-refractivity contribution in [1.82, 2.24) is 15.3 Å². The van der Waals surface area contributed by atoms with Crippen molar-refractivity contribution in [3.05, 3.63) is 87.6 Å². The Morgan fingerprint density at radius 1 is 1.18 bits per heavy atom. The van der Waals surface area contributed by atoms with Gasteiger partial charge in [-0.1, -0.05) is 49.4 Å². The van der Waals surface area contributed by atoms with E-state index in [0.29, 0.717) is 28.2 Å². The standard InChI is InChI=1S/C24H25N5O4/c1-4-17-8-7-9-18(13-17)24(19-10-5-6-11-20(19)29(28-32)14-25-24)21(22(30)31)33-23-26-15(2)12-16(3)27-23/h5-13,21,25H,4,14H2,1-3H3,(H,30,31)/t21?,24-/m0/s1. The van der Waals surface area contributed by atoms with Crippen molar-refractivity contribution in [2.75, 3.05) is 11.7 Å². The molecule has 0 spiro atoms. The number of carboxylic acid groups (broad SMARTS) is 1. The summed E-state index contributed by atoms with van der Waals surface area (Å²) < 4.78 is 6.02. The Labute approximate surface area is 191 Å². The van der Waals surface area contributed by atoms with Crippen molar-refractivity contribution in [1.29, 1.82) is 0 Å². The van der Waals surface area contributed by atoms with Crippen LogP contribution in [0, 0.1) is 18.8 Å². The number of anilines is 1. The normalized spacial score (nSPS) is 18.3. The first kappa shape index (κ1) is 22.3. The molecule has 170 valence electrons. The molecule has 3 aromatic rings. The number of benzene rings is 2. The van der Waals surface area contributed by atoms with Gasteiger partial charge in [-0.15, -0.1) is 4.91 Å². The second-order valence-corrected chi connectivity index (χ2v) is 7.96. The van der Waals surface area contributed by atoms with Crippen molar-refractivity contribution in [2.24, 2.45) is 5.29 Å². The summed E-state index contributed by atoms with van der Waals surface area (Å²) in [6.45, 7) is 5.61. The summed E-state index contributed by atoms with van der Waals surface area (Å²) in [6, 6.07) is 16.5. The number of carboxylic acids is 1. The second kappa shape index (κ2) is 8.95. The lowest BCUT2D eigenvalue weighted by atomic mass is 9.75. The van der Waals surface area contributed by atoms with Crippen LogP contribution >= 0.6 is 0 Å². The van der Waals surface area contributed by atoms with Crippen LogP contribution in [0.4, 0.5) is 5.69 Å². The molecule has 0 saturated carbocycles. The van der Waals surface area contributed by atoms with E-state index in [1.165, 1.54) is 5.01 Å². The van der Waals surface area contributed by atoms with Gasteiger partial charge in [0, 0.05) is 17.0 Å². The van der Waals surface area contributed by atoms with Gasteiger partial charge >= 0.3 is 12.0 Å². The minimum absolute atomic E-state index is 0.00227. The molecule has 2 atom stereocenters. The van der Waals surface area contributed by atoms with E-state index < -0.39 is 17.6 Å². The summed E-state index contributed by atoms with van der Waals surface area (Å²) in [5.41, 5.74) is 2.78. The quantitative estimate of drug-likeness (QED) is 0.529. The number of aryl methyl sites for hydroxylation is 3. The Balaban J connectivity index is 1.97. The monoisotopic (exact) mass is 447 g/mol. The summed E-state index contributed by atoms with van der Waals surface area (Å²) in [6.07, 6.45) is -0.674. The molecule has 1 aromatic heterocycles. The van der Waals surface area contributed by atoms with Gasteiger partial charge in [0.1, 0.15) is 5.54 Å². The van der Waals surface area contributed by atoms with Crippen LogP contribution in [0.3, 0.4) is 0 Å². The summed E-state index contributed by atoms with van der Waals surface area (Å²) in [5.74, 6) is -1.20. The van der Waals surface area contributed by atoms with Crippen molar-refractivity contribution in [3.8, 4) is 6.01 Å². The molecule has 0 amide bonds. The first-order chi connectivity index (χ1) is 15.9. The van der Waals surface area contributed by atoms with Crippen LogP contribution in [0.5, 0.6) is 6.01 Å². The smallest absolute Gasteiger partial charge is 0.347 e. The van der Waals surface area contributed by atoms with Crippen LogP contribution < -0.4 is 15.1 Å². The maximum atomic E-state index is 12.7. The third-order valence-electron chi connectivity index (χ3n) is 5.81. The number of rotatable bonds is 7. The Kier molecular flexibility index (Phi) is 6.06. The average Bonchev–Trinajstić information content (AvgIpc) is 2.81. The van der Waals surface area contributed by atoms with Gasteiger partial charge in [0.2, 0.25) is 6.10 Å². The van der Waals surface area contributed by atoms with E-state index in [9.17, 15) is 14.8 Å². The average molecular weight is 447 g/mol. The van der Waals surface area contributed by atoms with E-state index >= 15 is 0 Å². The van der Waals surface area contributed by atoms with Crippen molar-refractivity contribution in [3.63, 3.8) is 0 Å². The fraction of sp³-hybridized carbons (Fsp3) is 0.292. The third-order valence-corrected chi connectivity index (χ3v) is 5.81. The second-order valence-electron chi connectivity index (χ2n) is 7.96. The zero-order chi connectivity index (χ0) is 23.6. The molecular formula is C24H25N5O4. The molecule has 0 saturated heterocycles. The van der Waals surface area contributed by atoms with Gasteiger partial charge in [0.15, 0.2) is 0 Å². The lowest BCUT2D eigenvalue weighted by Crippen LogP contribution is -2.62. The van der Waals surface area contributed by atoms with E-state index in [1.54, 1.807) is 44.2 Å². The highest BCUT2D eigenvalue weighted by atomic mass is 16.5. The molecule has 2 N–H and O–H groups in total. The zero-order valence-corrected chi connectivity index (χ0v) is 18.6. The van der Waals surface area contributed by atoms with Gasteiger partial charge in [-0.05, 0) is 43.5 Å². The maximum Gasteiger partial charge on any atom is 0.347 e. The predicted molar refractivity (Wildman–Crippen MR) is 123 cm³/mol. The molecule has 0 bridgehead atoms. The molecule has 9 heteroatoms. The molecule has 0 radical (unpaired) electrons. The lowest BCUT2D eigenvalue weighted by molar-refractivity contribution is -0.149. The number of nitrogens with zero attached hydrogens (tertiary/aromatic N) is 4. The fourth-order valence-corrected chi connectivity index (χ4v) is 4.34. The summed E-state index contributed by atoms with van der Waals surface area (Å²) >= 11 is 0. The number of fused-ring (bicyclic) bond motifs is 1. The topological polar surface area (TPSA) is 117 Å². The molecule has 1 unspecified atom stereocenters. The van der Waals surface area contributed by atoms with Gasteiger partial charge in [-0.25, -0.2) is 19.8 Å². The number of nitrogens with one attached hydrogen (secondary N) is 1. The predicted octanol–water partition coefficient (Wildman–Crippen LogP) is 3.48. The third kappa shape index (κ3) is 4.03. The van der Waals surface area contributed by atoms with E-state index in [2.05, 4.69) is 20.6 Å². The molecular weight excluding hydrogens is 422 g/mol. The zero-order valence-electron chi connectivity index (χ0n) is 18.6. The maximum absolute atomic E-state index is 12.7. The first-order valence-electron chi connectivity index (χ1n) is 10.7. The van der Waals surface area contributed by atoms with Crippen LogP contribution in [0.2, 0.25) is 0 Å². The highest BCUT2D eigenvalue weighted by Gasteiger charge is 2.52. The Bertz CT molecular complexity index is 1180. The number of aromatic nitrogens is 2. The number of hydrogen-bond acceptors (Lipinski definition) is 7. The Morgan fingerprint density at radius 2 is 1.91 bits per heavy atom. The molecule has 9 nitrogen and oxygen atoms in total. The van der Waals surface area contributed by atoms with Gasteiger partial charge in [-0.2, -0.15) is 0 Å². The van der Waals surface area contributed by atoms with Crippen LogP contribution in [-0.2, 0) is 16.8 Å². The molecule has 33 heavy (non-hydrogen) atoms. The van der Waals surface area contributed by atoms with E-state index in [-0.39, 0.29) is 12.7 Å².